The van der Waals surface area contributed by atoms with E-state index in [0.717, 1.165) is 11.1 Å². The number of fused-ring (bicyclic) bond motifs is 1. The number of nitrogens with one attached hydrogen (secondary N) is 1. The number of rotatable bonds is 1. The average Bonchev–Trinajstić information content (AvgIpc) is 2.58. The summed E-state index contributed by atoms with van der Waals surface area (Å²) in [6, 6.07) is 12.1. The van der Waals surface area contributed by atoms with Gasteiger partial charge in [0.1, 0.15) is 12.4 Å². The van der Waals surface area contributed by atoms with Crippen LogP contribution >= 0.6 is 0 Å². The second-order valence-corrected chi connectivity index (χ2v) is 4.77. The van der Waals surface area contributed by atoms with Crippen molar-refractivity contribution < 1.29 is 9.18 Å². The normalized spacial score (nSPS) is 14.1. The minimum atomic E-state index is -0.347. The zero-order valence-corrected chi connectivity index (χ0v) is 11.0. The highest BCUT2D eigenvalue weighted by atomic mass is 19.1. The van der Waals surface area contributed by atoms with E-state index in [2.05, 4.69) is 10.3 Å². The van der Waals surface area contributed by atoms with Gasteiger partial charge in [0.15, 0.2) is 0 Å². The fourth-order valence-electron chi connectivity index (χ4n) is 2.21. The van der Waals surface area contributed by atoms with E-state index in [4.69, 9.17) is 0 Å². The van der Waals surface area contributed by atoms with Gasteiger partial charge in [0, 0.05) is 11.1 Å². The predicted octanol–water partition coefficient (Wildman–Crippen LogP) is 2.92. The topological polar surface area (TPSA) is 41.5 Å². The third kappa shape index (κ3) is 2.32. The standard InChI is InChI=1S/C16H13FN2O/c1-10-2-4-11(5-3-10)16-13-8-12(17)6-7-14(13)19-15(20)9-18-16/h2-8H,9H2,1H3,(H,19,20). The molecule has 0 radical (unpaired) electrons. The maximum atomic E-state index is 13.5. The van der Waals surface area contributed by atoms with Crippen molar-refractivity contribution in [2.75, 3.05) is 11.9 Å². The Bertz CT molecular complexity index is 705. The Labute approximate surface area is 116 Å². The van der Waals surface area contributed by atoms with Crippen LogP contribution in [-0.2, 0) is 4.79 Å². The Kier molecular flexibility index (Phi) is 3.06. The summed E-state index contributed by atoms with van der Waals surface area (Å²) in [5, 5.41) is 2.74. The zero-order valence-electron chi connectivity index (χ0n) is 11.0. The van der Waals surface area contributed by atoms with Crippen molar-refractivity contribution in [3.05, 3.63) is 65.0 Å². The molecule has 100 valence electrons. The van der Waals surface area contributed by atoms with E-state index in [1.54, 1.807) is 6.07 Å². The first-order valence-electron chi connectivity index (χ1n) is 6.35. The number of hydrogen-bond acceptors (Lipinski definition) is 2. The van der Waals surface area contributed by atoms with E-state index in [9.17, 15) is 9.18 Å². The molecule has 0 fully saturated rings. The largest absolute Gasteiger partial charge is 0.324 e. The molecule has 0 aromatic heterocycles. The lowest BCUT2D eigenvalue weighted by molar-refractivity contribution is -0.114. The molecule has 1 heterocycles. The van der Waals surface area contributed by atoms with Gasteiger partial charge >= 0.3 is 0 Å². The number of benzodiazepines with no additional fused rings is 1. The van der Waals surface area contributed by atoms with Crippen LogP contribution in [0.1, 0.15) is 16.7 Å². The van der Waals surface area contributed by atoms with E-state index >= 15 is 0 Å². The smallest absolute Gasteiger partial charge is 0.246 e. The molecule has 1 amide bonds. The number of anilines is 1. The highest BCUT2D eigenvalue weighted by Crippen LogP contribution is 2.23. The molecule has 2 aromatic rings. The molecule has 3 nitrogen and oxygen atoms in total. The Morgan fingerprint density at radius 1 is 1.15 bits per heavy atom. The fraction of sp³-hybridized carbons (Fsp3) is 0.125. The summed E-state index contributed by atoms with van der Waals surface area (Å²) in [7, 11) is 0. The molecule has 2 aromatic carbocycles. The lowest BCUT2D eigenvalue weighted by Crippen LogP contribution is -2.13. The second-order valence-electron chi connectivity index (χ2n) is 4.77. The first-order valence-corrected chi connectivity index (χ1v) is 6.35. The molecule has 1 aliphatic heterocycles. The van der Waals surface area contributed by atoms with Crippen LogP contribution in [0.25, 0.3) is 0 Å². The summed E-state index contributed by atoms with van der Waals surface area (Å²) < 4.78 is 13.5. The monoisotopic (exact) mass is 268 g/mol. The van der Waals surface area contributed by atoms with Gasteiger partial charge in [-0.1, -0.05) is 29.8 Å². The van der Waals surface area contributed by atoms with Gasteiger partial charge in [-0.3, -0.25) is 9.79 Å². The maximum absolute atomic E-state index is 13.5. The summed E-state index contributed by atoms with van der Waals surface area (Å²) in [5.41, 5.74) is 3.85. The van der Waals surface area contributed by atoms with Crippen LogP contribution < -0.4 is 5.32 Å². The number of aryl methyl sites for hydroxylation is 1. The van der Waals surface area contributed by atoms with Gasteiger partial charge in [0.2, 0.25) is 5.91 Å². The third-order valence-corrected chi connectivity index (χ3v) is 3.22. The Hall–Kier alpha value is -2.49. The maximum Gasteiger partial charge on any atom is 0.246 e. The molecule has 1 N–H and O–H groups in total. The minimum absolute atomic E-state index is 0.0412. The van der Waals surface area contributed by atoms with Gasteiger partial charge in [-0.2, -0.15) is 0 Å². The number of carbonyl (C=O) groups is 1. The summed E-state index contributed by atoms with van der Waals surface area (Å²) >= 11 is 0. The van der Waals surface area contributed by atoms with E-state index in [-0.39, 0.29) is 18.3 Å². The molecule has 0 spiro atoms. The van der Waals surface area contributed by atoms with Crippen LogP contribution in [0.4, 0.5) is 10.1 Å². The van der Waals surface area contributed by atoms with Crippen LogP contribution in [0.3, 0.4) is 0 Å². The molecule has 0 aliphatic carbocycles. The van der Waals surface area contributed by atoms with Crippen molar-refractivity contribution in [2.45, 2.75) is 6.92 Å². The summed E-state index contributed by atoms with van der Waals surface area (Å²) in [4.78, 5) is 16.0. The molecular formula is C16H13FN2O. The summed E-state index contributed by atoms with van der Waals surface area (Å²) in [5.74, 6) is -0.542. The van der Waals surface area contributed by atoms with E-state index in [1.165, 1.54) is 12.1 Å². The van der Waals surface area contributed by atoms with Crippen LogP contribution in [0.5, 0.6) is 0 Å². The fourth-order valence-corrected chi connectivity index (χ4v) is 2.21. The Morgan fingerprint density at radius 2 is 1.90 bits per heavy atom. The van der Waals surface area contributed by atoms with Crippen molar-refractivity contribution >= 4 is 17.3 Å². The van der Waals surface area contributed by atoms with Crippen molar-refractivity contribution in [3.63, 3.8) is 0 Å². The lowest BCUT2D eigenvalue weighted by atomic mass is 9.99. The third-order valence-electron chi connectivity index (χ3n) is 3.22. The highest BCUT2D eigenvalue weighted by molar-refractivity contribution is 6.19. The van der Waals surface area contributed by atoms with Gasteiger partial charge in [0.05, 0.1) is 11.4 Å². The first kappa shape index (κ1) is 12.5. The molecule has 0 atom stereocenters. The number of carbonyl (C=O) groups excluding carboxylic acids is 1. The molecular weight excluding hydrogens is 255 g/mol. The number of hydrogen-bond donors (Lipinski definition) is 1. The number of nitrogens with zero attached hydrogens (tertiary/aromatic N) is 1. The van der Waals surface area contributed by atoms with Gasteiger partial charge in [-0.05, 0) is 25.1 Å². The zero-order chi connectivity index (χ0) is 14.1. The first-order chi connectivity index (χ1) is 9.63. The quantitative estimate of drug-likeness (QED) is 0.849. The van der Waals surface area contributed by atoms with Gasteiger partial charge in [-0.15, -0.1) is 0 Å². The summed E-state index contributed by atoms with van der Waals surface area (Å²) in [6.45, 7) is 2.04. The van der Waals surface area contributed by atoms with E-state index in [1.807, 2.05) is 31.2 Å². The van der Waals surface area contributed by atoms with Gasteiger partial charge in [-0.25, -0.2) is 4.39 Å². The molecule has 4 heteroatoms. The molecule has 20 heavy (non-hydrogen) atoms. The SMILES string of the molecule is Cc1ccc(C2=NCC(=O)Nc3ccc(F)cc32)cc1. The van der Waals surface area contributed by atoms with Crippen molar-refractivity contribution in [1.82, 2.24) is 0 Å². The van der Waals surface area contributed by atoms with Crippen LogP contribution in [-0.4, -0.2) is 18.2 Å². The Balaban J connectivity index is 2.17. The average molecular weight is 268 g/mol. The molecule has 0 bridgehead atoms. The number of benzene rings is 2. The summed E-state index contributed by atoms with van der Waals surface area (Å²) in [6.07, 6.45) is 0. The molecule has 1 aliphatic rings. The van der Waals surface area contributed by atoms with Crippen molar-refractivity contribution in [3.8, 4) is 0 Å². The van der Waals surface area contributed by atoms with Crippen molar-refractivity contribution in [2.24, 2.45) is 4.99 Å². The molecule has 0 saturated heterocycles. The highest BCUT2D eigenvalue weighted by Gasteiger charge is 2.18. The molecule has 0 unspecified atom stereocenters. The van der Waals surface area contributed by atoms with Crippen molar-refractivity contribution in [1.29, 1.82) is 0 Å². The number of amides is 1. The van der Waals surface area contributed by atoms with Crippen LogP contribution in [0.2, 0.25) is 0 Å². The number of aliphatic imine (C=N–C) groups is 1. The predicted molar refractivity (Wildman–Crippen MR) is 76.7 cm³/mol. The molecule has 3 rings (SSSR count). The van der Waals surface area contributed by atoms with Crippen LogP contribution in [0.15, 0.2) is 47.5 Å². The van der Waals surface area contributed by atoms with E-state index < -0.39 is 0 Å². The van der Waals surface area contributed by atoms with Gasteiger partial charge in [0.25, 0.3) is 0 Å². The molecule has 0 saturated carbocycles. The lowest BCUT2D eigenvalue weighted by Gasteiger charge is -2.10. The van der Waals surface area contributed by atoms with Crippen LogP contribution in [0, 0.1) is 12.7 Å². The minimum Gasteiger partial charge on any atom is -0.324 e. The Morgan fingerprint density at radius 3 is 2.65 bits per heavy atom. The second kappa shape index (κ2) is 4.89. The van der Waals surface area contributed by atoms with E-state index in [0.29, 0.717) is 17.0 Å². The number of halogens is 1. The van der Waals surface area contributed by atoms with Gasteiger partial charge < -0.3 is 5.32 Å².